The Morgan fingerprint density at radius 1 is 1.47 bits per heavy atom. The third-order valence-corrected chi connectivity index (χ3v) is 5.39. The first-order chi connectivity index (χ1) is 9.24. The van der Waals surface area contributed by atoms with Crippen LogP contribution < -0.4 is 5.32 Å². The molecule has 19 heavy (non-hydrogen) atoms. The smallest absolute Gasteiger partial charge is 0.266 e. The van der Waals surface area contributed by atoms with E-state index in [-0.39, 0.29) is 5.91 Å². The number of nitrogens with one attached hydrogen (secondary N) is 1. The topological polar surface area (TPSA) is 42.0 Å². The monoisotopic (exact) mass is 310 g/mol. The lowest BCUT2D eigenvalue weighted by Gasteiger charge is -2.08. The quantitative estimate of drug-likeness (QED) is 0.916. The van der Waals surface area contributed by atoms with E-state index in [9.17, 15) is 4.79 Å². The summed E-state index contributed by atoms with van der Waals surface area (Å²) in [5, 5.41) is 3.21. The highest BCUT2D eigenvalue weighted by Crippen LogP contribution is 2.32. The van der Waals surface area contributed by atoms with Gasteiger partial charge >= 0.3 is 0 Å². The molecule has 0 saturated heterocycles. The summed E-state index contributed by atoms with van der Waals surface area (Å²) >= 11 is 9.46. The van der Waals surface area contributed by atoms with Gasteiger partial charge in [-0.05, 0) is 35.9 Å². The first kappa shape index (κ1) is 13.0. The van der Waals surface area contributed by atoms with Crippen LogP contribution in [0.4, 0.5) is 5.82 Å². The number of hydrogen-bond acceptors (Lipinski definition) is 4. The van der Waals surface area contributed by atoms with Gasteiger partial charge in [-0.25, -0.2) is 4.98 Å². The molecule has 3 rings (SSSR count). The van der Waals surface area contributed by atoms with E-state index in [1.54, 1.807) is 29.7 Å². The number of thiophene rings is 1. The van der Waals surface area contributed by atoms with Crippen LogP contribution in [-0.4, -0.2) is 16.6 Å². The fourth-order valence-corrected chi connectivity index (χ4v) is 4.34. The maximum absolute atomic E-state index is 12.2. The van der Waals surface area contributed by atoms with Crippen molar-refractivity contribution in [3.8, 4) is 0 Å². The Kier molecular flexibility index (Phi) is 3.77. The number of halogens is 1. The summed E-state index contributed by atoms with van der Waals surface area (Å²) in [6.45, 7) is 0. The average molecular weight is 311 g/mol. The van der Waals surface area contributed by atoms with E-state index in [1.165, 1.54) is 10.4 Å². The van der Waals surface area contributed by atoms with Gasteiger partial charge < -0.3 is 5.32 Å². The van der Waals surface area contributed by atoms with Gasteiger partial charge in [0.05, 0.1) is 9.90 Å². The molecule has 98 valence electrons. The Hall–Kier alpha value is -1.04. The maximum Gasteiger partial charge on any atom is 0.266 e. The molecular weight excluding hydrogens is 300 g/mol. The molecule has 2 aromatic heterocycles. The SMILES string of the molecule is O=C(Nc1ncccc1Cl)c1cc2c(s1)CCSC2. The normalized spacial score (nSPS) is 13.9. The van der Waals surface area contributed by atoms with Crippen LogP contribution >= 0.6 is 34.7 Å². The van der Waals surface area contributed by atoms with Gasteiger partial charge in [0.1, 0.15) is 0 Å². The van der Waals surface area contributed by atoms with E-state index in [1.807, 2.05) is 17.8 Å². The first-order valence-corrected chi connectivity index (χ1v) is 8.20. The van der Waals surface area contributed by atoms with Crippen molar-refractivity contribution in [2.75, 3.05) is 11.1 Å². The maximum atomic E-state index is 12.2. The van der Waals surface area contributed by atoms with Crippen LogP contribution in [0.1, 0.15) is 20.1 Å². The Labute approximate surface area is 124 Å². The average Bonchev–Trinajstić information content (AvgIpc) is 2.85. The van der Waals surface area contributed by atoms with Crippen molar-refractivity contribution in [3.63, 3.8) is 0 Å². The first-order valence-electron chi connectivity index (χ1n) is 5.85. The van der Waals surface area contributed by atoms with Crippen LogP contribution in [0.5, 0.6) is 0 Å². The minimum atomic E-state index is -0.134. The van der Waals surface area contributed by atoms with Gasteiger partial charge in [-0.2, -0.15) is 11.8 Å². The van der Waals surface area contributed by atoms with Gasteiger partial charge in [-0.1, -0.05) is 11.6 Å². The number of thioether (sulfide) groups is 1. The molecule has 0 fully saturated rings. The summed E-state index contributed by atoms with van der Waals surface area (Å²) in [5.41, 5.74) is 1.29. The highest BCUT2D eigenvalue weighted by Gasteiger charge is 2.18. The summed E-state index contributed by atoms with van der Waals surface area (Å²) in [6, 6.07) is 5.43. The molecule has 0 saturated carbocycles. The minimum Gasteiger partial charge on any atom is -0.305 e. The zero-order valence-electron chi connectivity index (χ0n) is 9.98. The predicted molar refractivity (Wildman–Crippen MR) is 81.4 cm³/mol. The zero-order chi connectivity index (χ0) is 13.2. The molecular formula is C13H11ClN2OS2. The van der Waals surface area contributed by atoms with Crippen molar-refractivity contribution in [3.05, 3.63) is 44.7 Å². The molecule has 0 spiro atoms. The molecule has 3 heterocycles. The predicted octanol–water partition coefficient (Wildman–Crippen LogP) is 3.84. The molecule has 6 heteroatoms. The second kappa shape index (κ2) is 5.53. The standard InChI is InChI=1S/C13H11ClN2OS2/c14-9-2-1-4-15-12(9)16-13(17)11-6-8-7-18-5-3-10(8)19-11/h1-2,4,6H,3,5,7H2,(H,15,16,17). The molecule has 0 atom stereocenters. The van der Waals surface area contributed by atoms with Crippen LogP contribution in [0.25, 0.3) is 0 Å². The van der Waals surface area contributed by atoms with Crippen LogP contribution in [0, 0.1) is 0 Å². The molecule has 0 bridgehead atoms. The van der Waals surface area contributed by atoms with Crippen LogP contribution in [-0.2, 0) is 12.2 Å². The third-order valence-electron chi connectivity index (χ3n) is 2.84. The lowest BCUT2D eigenvalue weighted by atomic mass is 10.2. The van der Waals surface area contributed by atoms with Crippen molar-refractivity contribution in [1.29, 1.82) is 0 Å². The van der Waals surface area contributed by atoms with Crippen LogP contribution in [0.2, 0.25) is 5.02 Å². The number of aryl methyl sites for hydroxylation is 1. The second-order valence-corrected chi connectivity index (χ2v) is 6.80. The number of anilines is 1. The number of aromatic nitrogens is 1. The third kappa shape index (κ3) is 2.78. The lowest BCUT2D eigenvalue weighted by Crippen LogP contribution is -2.11. The Bertz CT molecular complexity index is 603. The summed E-state index contributed by atoms with van der Waals surface area (Å²) in [5.74, 6) is 2.42. The van der Waals surface area contributed by atoms with E-state index in [4.69, 9.17) is 11.6 Å². The van der Waals surface area contributed by atoms with Gasteiger partial charge in [0.15, 0.2) is 5.82 Å². The number of fused-ring (bicyclic) bond motifs is 1. The molecule has 1 amide bonds. The molecule has 1 N–H and O–H groups in total. The van der Waals surface area contributed by atoms with E-state index < -0.39 is 0 Å². The zero-order valence-corrected chi connectivity index (χ0v) is 12.4. The molecule has 0 aliphatic carbocycles. The number of amides is 1. The van der Waals surface area contributed by atoms with Gasteiger partial charge in [-0.3, -0.25) is 4.79 Å². The lowest BCUT2D eigenvalue weighted by molar-refractivity contribution is 0.103. The Balaban J connectivity index is 1.81. The van der Waals surface area contributed by atoms with Crippen molar-refractivity contribution >= 4 is 46.4 Å². The van der Waals surface area contributed by atoms with Crippen molar-refractivity contribution in [2.24, 2.45) is 0 Å². The van der Waals surface area contributed by atoms with Gasteiger partial charge in [-0.15, -0.1) is 11.3 Å². The van der Waals surface area contributed by atoms with Crippen molar-refractivity contribution in [2.45, 2.75) is 12.2 Å². The molecule has 0 aromatic carbocycles. The van der Waals surface area contributed by atoms with Gasteiger partial charge in [0.2, 0.25) is 0 Å². The number of hydrogen-bond donors (Lipinski definition) is 1. The number of nitrogens with zero attached hydrogens (tertiary/aromatic N) is 1. The van der Waals surface area contributed by atoms with Gasteiger partial charge in [0.25, 0.3) is 5.91 Å². The van der Waals surface area contributed by atoms with Crippen molar-refractivity contribution in [1.82, 2.24) is 4.98 Å². The molecule has 0 radical (unpaired) electrons. The molecule has 0 unspecified atom stereocenters. The van der Waals surface area contributed by atoms with E-state index >= 15 is 0 Å². The highest BCUT2D eigenvalue weighted by atomic mass is 35.5. The molecule has 3 nitrogen and oxygen atoms in total. The van der Waals surface area contributed by atoms with E-state index in [0.29, 0.717) is 10.8 Å². The molecule has 1 aliphatic rings. The van der Waals surface area contributed by atoms with E-state index in [0.717, 1.165) is 22.8 Å². The summed E-state index contributed by atoms with van der Waals surface area (Å²) in [7, 11) is 0. The number of carbonyl (C=O) groups is 1. The Morgan fingerprint density at radius 2 is 2.37 bits per heavy atom. The summed E-state index contributed by atoms with van der Waals surface area (Å²) in [4.78, 5) is 18.3. The number of pyridine rings is 1. The Morgan fingerprint density at radius 3 is 3.16 bits per heavy atom. The minimum absolute atomic E-state index is 0.134. The fraction of sp³-hybridized carbons (Fsp3) is 0.231. The van der Waals surface area contributed by atoms with Crippen LogP contribution in [0.3, 0.4) is 0 Å². The number of rotatable bonds is 2. The number of carbonyl (C=O) groups excluding carboxylic acids is 1. The van der Waals surface area contributed by atoms with E-state index in [2.05, 4.69) is 10.3 Å². The largest absolute Gasteiger partial charge is 0.305 e. The van der Waals surface area contributed by atoms with Crippen LogP contribution in [0.15, 0.2) is 24.4 Å². The highest BCUT2D eigenvalue weighted by molar-refractivity contribution is 7.98. The molecule has 2 aromatic rings. The summed E-state index contributed by atoms with van der Waals surface area (Å²) < 4.78 is 0. The fourth-order valence-electron chi connectivity index (χ4n) is 1.91. The summed E-state index contributed by atoms with van der Waals surface area (Å²) in [6.07, 6.45) is 2.67. The van der Waals surface area contributed by atoms with Gasteiger partial charge in [0, 0.05) is 16.8 Å². The van der Waals surface area contributed by atoms with Crippen molar-refractivity contribution < 1.29 is 4.79 Å². The second-order valence-electron chi connectivity index (χ2n) is 4.15. The molecule has 1 aliphatic heterocycles.